The number of nitrogens with two attached hydrogens (primary N) is 1. The molecular formula is C15H21BrClN3O2. The number of amides is 2. The van der Waals surface area contributed by atoms with E-state index in [1.807, 2.05) is 31.2 Å². The number of carbonyl (C=O) groups excluding carboxylic acids is 2. The summed E-state index contributed by atoms with van der Waals surface area (Å²) in [6.07, 6.45) is 0.550. The molecule has 0 saturated carbocycles. The summed E-state index contributed by atoms with van der Waals surface area (Å²) in [5.41, 5.74) is 6.34. The lowest BCUT2D eigenvalue weighted by molar-refractivity contribution is -0.132. The van der Waals surface area contributed by atoms with Crippen molar-refractivity contribution < 1.29 is 9.59 Å². The lowest BCUT2D eigenvalue weighted by Gasteiger charge is -2.17. The van der Waals surface area contributed by atoms with Crippen molar-refractivity contribution in [2.75, 3.05) is 24.5 Å². The van der Waals surface area contributed by atoms with Gasteiger partial charge in [0.25, 0.3) is 0 Å². The average molecular weight is 391 g/mol. The molecule has 1 saturated heterocycles. The molecule has 2 atom stereocenters. The molecule has 2 amide bonds. The summed E-state index contributed by atoms with van der Waals surface area (Å²) in [4.78, 5) is 26.2. The van der Waals surface area contributed by atoms with Crippen molar-refractivity contribution in [3.63, 3.8) is 0 Å². The fraction of sp³-hybridized carbons (Fsp3) is 0.467. The largest absolute Gasteiger partial charge is 0.355 e. The van der Waals surface area contributed by atoms with Crippen LogP contribution in [0.15, 0.2) is 28.7 Å². The first-order valence-corrected chi connectivity index (χ1v) is 7.87. The van der Waals surface area contributed by atoms with Gasteiger partial charge in [0.15, 0.2) is 0 Å². The molecule has 0 bridgehead atoms. The van der Waals surface area contributed by atoms with Gasteiger partial charge in [-0.2, -0.15) is 0 Å². The van der Waals surface area contributed by atoms with E-state index < -0.39 is 5.92 Å². The second-order valence-electron chi connectivity index (χ2n) is 5.40. The van der Waals surface area contributed by atoms with Crippen molar-refractivity contribution in [1.29, 1.82) is 0 Å². The van der Waals surface area contributed by atoms with E-state index in [1.54, 1.807) is 4.90 Å². The average Bonchev–Trinajstić information content (AvgIpc) is 2.86. The first-order chi connectivity index (χ1) is 10.0. The second-order valence-corrected chi connectivity index (χ2v) is 6.31. The van der Waals surface area contributed by atoms with Gasteiger partial charge in [-0.05, 0) is 37.1 Å². The Bertz CT molecular complexity index is 541. The number of halogens is 2. The summed E-state index contributed by atoms with van der Waals surface area (Å²) < 4.78 is 0.914. The third kappa shape index (κ3) is 4.44. The zero-order valence-corrected chi connectivity index (χ0v) is 14.8. The van der Waals surface area contributed by atoms with Gasteiger partial charge < -0.3 is 16.0 Å². The molecule has 0 spiro atoms. The molecule has 1 heterocycles. The zero-order chi connectivity index (χ0) is 15.4. The van der Waals surface area contributed by atoms with Crippen LogP contribution in [0.3, 0.4) is 0 Å². The van der Waals surface area contributed by atoms with Crippen LogP contribution in [0.25, 0.3) is 0 Å². The Morgan fingerprint density at radius 3 is 2.91 bits per heavy atom. The molecule has 2 rings (SSSR count). The monoisotopic (exact) mass is 389 g/mol. The highest BCUT2D eigenvalue weighted by molar-refractivity contribution is 9.10. The minimum atomic E-state index is -0.589. The predicted octanol–water partition coefficient (Wildman–Crippen LogP) is 1.93. The molecular weight excluding hydrogens is 370 g/mol. The topological polar surface area (TPSA) is 75.4 Å². The maximum atomic E-state index is 12.4. The third-order valence-corrected chi connectivity index (χ3v) is 4.16. The lowest BCUT2D eigenvalue weighted by Crippen LogP contribution is -2.39. The Hall–Kier alpha value is -1.11. The first kappa shape index (κ1) is 18.9. The first-order valence-electron chi connectivity index (χ1n) is 7.07. The molecule has 0 aliphatic carbocycles. The Labute approximate surface area is 145 Å². The van der Waals surface area contributed by atoms with Crippen molar-refractivity contribution in [1.82, 2.24) is 5.32 Å². The van der Waals surface area contributed by atoms with Crippen LogP contribution < -0.4 is 16.0 Å². The lowest BCUT2D eigenvalue weighted by atomic mass is 10.1. The Morgan fingerprint density at radius 1 is 1.55 bits per heavy atom. The number of hydrogen-bond donors (Lipinski definition) is 2. The molecule has 0 radical (unpaired) electrons. The summed E-state index contributed by atoms with van der Waals surface area (Å²) in [5, 5.41) is 2.81. The molecule has 2 unspecified atom stereocenters. The van der Waals surface area contributed by atoms with Gasteiger partial charge in [-0.3, -0.25) is 9.59 Å². The van der Waals surface area contributed by atoms with Gasteiger partial charge in [-0.1, -0.05) is 28.9 Å². The van der Waals surface area contributed by atoms with E-state index in [1.165, 1.54) is 0 Å². The number of nitrogens with one attached hydrogen (secondary N) is 1. The number of rotatable bonds is 5. The van der Waals surface area contributed by atoms with Crippen LogP contribution in [0.1, 0.15) is 13.3 Å². The summed E-state index contributed by atoms with van der Waals surface area (Å²) >= 11 is 3.39. The highest BCUT2D eigenvalue weighted by Gasteiger charge is 2.37. The van der Waals surface area contributed by atoms with Crippen molar-refractivity contribution in [2.24, 2.45) is 17.6 Å². The van der Waals surface area contributed by atoms with Crippen LogP contribution in [0.2, 0.25) is 0 Å². The summed E-state index contributed by atoms with van der Waals surface area (Å²) in [5.74, 6) is -0.704. The Morgan fingerprint density at radius 2 is 2.27 bits per heavy atom. The van der Waals surface area contributed by atoms with Crippen LogP contribution in [-0.2, 0) is 9.59 Å². The van der Waals surface area contributed by atoms with Crippen LogP contribution in [0.5, 0.6) is 0 Å². The van der Waals surface area contributed by atoms with Crippen molar-refractivity contribution in [3.8, 4) is 0 Å². The van der Waals surface area contributed by atoms with Crippen molar-refractivity contribution >= 4 is 45.8 Å². The Balaban J connectivity index is 0.00000242. The van der Waals surface area contributed by atoms with Crippen molar-refractivity contribution in [2.45, 2.75) is 13.3 Å². The van der Waals surface area contributed by atoms with Crippen LogP contribution in [0, 0.1) is 11.8 Å². The van der Waals surface area contributed by atoms with Gasteiger partial charge in [0.1, 0.15) is 5.92 Å². The molecule has 1 aliphatic rings. The number of hydrogen-bond acceptors (Lipinski definition) is 3. The molecule has 22 heavy (non-hydrogen) atoms. The summed E-state index contributed by atoms with van der Waals surface area (Å²) in [7, 11) is 0. The van der Waals surface area contributed by atoms with Crippen LogP contribution in [0.4, 0.5) is 5.69 Å². The van der Waals surface area contributed by atoms with Crippen LogP contribution in [-0.4, -0.2) is 31.4 Å². The molecule has 5 nitrogen and oxygen atoms in total. The molecule has 7 heteroatoms. The van der Waals surface area contributed by atoms with Gasteiger partial charge in [0.2, 0.25) is 11.8 Å². The molecule has 0 aromatic heterocycles. The minimum Gasteiger partial charge on any atom is -0.355 e. The fourth-order valence-corrected chi connectivity index (χ4v) is 2.69. The van der Waals surface area contributed by atoms with Gasteiger partial charge in [-0.25, -0.2) is 0 Å². The number of anilines is 1. The van der Waals surface area contributed by atoms with E-state index >= 15 is 0 Å². The van der Waals surface area contributed by atoms with E-state index in [4.69, 9.17) is 5.73 Å². The minimum absolute atomic E-state index is 0. The van der Waals surface area contributed by atoms with Gasteiger partial charge in [0.05, 0.1) is 0 Å². The van der Waals surface area contributed by atoms with E-state index in [9.17, 15) is 9.59 Å². The van der Waals surface area contributed by atoms with Gasteiger partial charge >= 0.3 is 0 Å². The van der Waals surface area contributed by atoms with E-state index in [-0.39, 0.29) is 30.1 Å². The number of carbonyl (C=O) groups is 2. The number of benzene rings is 1. The predicted molar refractivity (Wildman–Crippen MR) is 93.1 cm³/mol. The van der Waals surface area contributed by atoms with Gasteiger partial charge in [0, 0.05) is 23.2 Å². The highest BCUT2D eigenvalue weighted by Crippen LogP contribution is 2.27. The standard InChI is InChI=1S/C15H20BrN3O2.ClH/c1-10(8-17)9-18-14(20)13-5-6-19(15(13)21)12-4-2-3-11(16)7-12;/h2-4,7,10,13H,5-6,8-9,17H2,1H3,(H,18,20);1H. The summed E-state index contributed by atoms with van der Waals surface area (Å²) in [6.45, 7) is 3.56. The summed E-state index contributed by atoms with van der Waals surface area (Å²) in [6, 6.07) is 7.54. The SMILES string of the molecule is CC(CN)CNC(=O)C1CCN(c2cccc(Br)c2)C1=O.Cl. The maximum absolute atomic E-state index is 12.4. The quantitative estimate of drug-likeness (QED) is 0.754. The van der Waals surface area contributed by atoms with Crippen molar-refractivity contribution in [3.05, 3.63) is 28.7 Å². The van der Waals surface area contributed by atoms with Gasteiger partial charge in [-0.15, -0.1) is 12.4 Å². The third-order valence-electron chi connectivity index (χ3n) is 3.67. The highest BCUT2D eigenvalue weighted by atomic mass is 79.9. The zero-order valence-electron chi connectivity index (χ0n) is 12.4. The molecule has 1 fully saturated rings. The molecule has 1 aromatic rings. The maximum Gasteiger partial charge on any atom is 0.239 e. The second kappa shape index (κ2) is 8.50. The van der Waals surface area contributed by atoms with E-state index in [0.717, 1.165) is 10.2 Å². The van der Waals surface area contributed by atoms with E-state index in [0.29, 0.717) is 26.1 Å². The number of nitrogens with zero attached hydrogens (tertiary/aromatic N) is 1. The molecule has 122 valence electrons. The Kier molecular flexibility index (Phi) is 7.32. The van der Waals surface area contributed by atoms with Crippen LogP contribution >= 0.6 is 28.3 Å². The molecule has 1 aromatic carbocycles. The normalized spacial score (nSPS) is 18.8. The van der Waals surface area contributed by atoms with E-state index in [2.05, 4.69) is 21.2 Å². The fourth-order valence-electron chi connectivity index (χ4n) is 2.30. The smallest absolute Gasteiger partial charge is 0.239 e. The molecule has 1 aliphatic heterocycles. The molecule has 3 N–H and O–H groups in total.